The Morgan fingerprint density at radius 2 is 1.89 bits per heavy atom. The summed E-state index contributed by atoms with van der Waals surface area (Å²) >= 11 is 0. The van der Waals surface area contributed by atoms with Crippen molar-refractivity contribution in [1.82, 2.24) is 0 Å². The Kier molecular flexibility index (Phi) is 7.63. The summed E-state index contributed by atoms with van der Waals surface area (Å²) in [6, 6.07) is 1.18. The standard InChI is InChI=1S/C16H34O2Si/c1-6-9-10-15(7-2)13-19(5,17-8-3)18-14(4)16-11-12-16/h14-16H,6-13H2,1-5H3. The van der Waals surface area contributed by atoms with Gasteiger partial charge in [0.15, 0.2) is 0 Å². The third-order valence-corrected chi connectivity index (χ3v) is 7.46. The van der Waals surface area contributed by atoms with Crippen LogP contribution in [0.4, 0.5) is 0 Å². The van der Waals surface area contributed by atoms with Crippen molar-refractivity contribution in [3.05, 3.63) is 0 Å². The third-order valence-electron chi connectivity index (χ3n) is 4.37. The highest BCUT2D eigenvalue weighted by molar-refractivity contribution is 6.66. The van der Waals surface area contributed by atoms with Crippen molar-refractivity contribution in [2.45, 2.75) is 84.9 Å². The van der Waals surface area contributed by atoms with Crippen molar-refractivity contribution >= 4 is 8.56 Å². The lowest BCUT2D eigenvalue weighted by Gasteiger charge is -2.33. The third kappa shape index (κ3) is 6.41. The zero-order valence-electron chi connectivity index (χ0n) is 13.7. The van der Waals surface area contributed by atoms with Crippen molar-refractivity contribution in [3.8, 4) is 0 Å². The molecule has 3 unspecified atom stereocenters. The van der Waals surface area contributed by atoms with Crippen LogP contribution < -0.4 is 0 Å². The highest BCUT2D eigenvalue weighted by Gasteiger charge is 2.39. The van der Waals surface area contributed by atoms with Gasteiger partial charge in [-0.3, -0.25) is 0 Å². The lowest BCUT2D eigenvalue weighted by molar-refractivity contribution is 0.113. The van der Waals surface area contributed by atoms with E-state index in [1.807, 2.05) is 0 Å². The second kappa shape index (κ2) is 8.43. The van der Waals surface area contributed by atoms with Crippen LogP contribution in [0.15, 0.2) is 0 Å². The van der Waals surface area contributed by atoms with Crippen molar-refractivity contribution in [3.63, 3.8) is 0 Å². The minimum atomic E-state index is -1.97. The van der Waals surface area contributed by atoms with Gasteiger partial charge in [-0.15, -0.1) is 0 Å². The molecule has 1 saturated carbocycles. The van der Waals surface area contributed by atoms with Crippen LogP contribution in [-0.4, -0.2) is 21.3 Å². The molecule has 0 aromatic carbocycles. The Labute approximate surface area is 121 Å². The average Bonchev–Trinajstić information content (AvgIpc) is 3.18. The van der Waals surface area contributed by atoms with Crippen LogP contribution >= 0.6 is 0 Å². The maximum Gasteiger partial charge on any atom is 0.335 e. The minimum Gasteiger partial charge on any atom is -0.395 e. The molecule has 0 aliphatic heterocycles. The van der Waals surface area contributed by atoms with Gasteiger partial charge in [0.1, 0.15) is 0 Å². The largest absolute Gasteiger partial charge is 0.395 e. The molecule has 0 spiro atoms. The molecular weight excluding hydrogens is 252 g/mol. The smallest absolute Gasteiger partial charge is 0.335 e. The predicted molar refractivity (Wildman–Crippen MR) is 84.6 cm³/mol. The van der Waals surface area contributed by atoms with E-state index in [-0.39, 0.29) is 0 Å². The molecule has 1 aliphatic rings. The number of unbranched alkanes of at least 4 members (excludes halogenated alkanes) is 1. The first-order valence-electron chi connectivity index (χ1n) is 8.36. The summed E-state index contributed by atoms with van der Waals surface area (Å²) in [5, 5.41) is 0. The van der Waals surface area contributed by atoms with Gasteiger partial charge in [0.2, 0.25) is 0 Å². The van der Waals surface area contributed by atoms with Crippen LogP contribution in [0.5, 0.6) is 0 Å². The van der Waals surface area contributed by atoms with Crippen LogP contribution in [0, 0.1) is 11.8 Å². The number of hydrogen-bond donors (Lipinski definition) is 0. The molecule has 1 fully saturated rings. The summed E-state index contributed by atoms with van der Waals surface area (Å²) < 4.78 is 12.5. The van der Waals surface area contributed by atoms with Gasteiger partial charge in [0.25, 0.3) is 0 Å². The Bertz CT molecular complexity index is 243. The molecule has 0 radical (unpaired) electrons. The number of rotatable bonds is 11. The molecule has 0 amide bonds. The van der Waals surface area contributed by atoms with Crippen molar-refractivity contribution < 1.29 is 8.85 Å². The van der Waals surface area contributed by atoms with E-state index in [2.05, 4.69) is 34.2 Å². The first kappa shape index (κ1) is 17.2. The molecule has 0 heterocycles. The minimum absolute atomic E-state index is 0.409. The molecule has 3 atom stereocenters. The Hall–Kier alpha value is 0.137. The highest BCUT2D eigenvalue weighted by Crippen LogP contribution is 2.37. The van der Waals surface area contributed by atoms with Gasteiger partial charge < -0.3 is 8.85 Å². The van der Waals surface area contributed by atoms with Crippen LogP contribution in [0.2, 0.25) is 12.6 Å². The van der Waals surface area contributed by atoms with Gasteiger partial charge in [-0.2, -0.15) is 0 Å². The number of hydrogen-bond acceptors (Lipinski definition) is 2. The van der Waals surface area contributed by atoms with Crippen LogP contribution in [0.1, 0.15) is 66.2 Å². The van der Waals surface area contributed by atoms with Gasteiger partial charge in [0.05, 0.1) is 0 Å². The van der Waals surface area contributed by atoms with Crippen LogP contribution in [-0.2, 0) is 8.85 Å². The quantitative estimate of drug-likeness (QED) is 0.490. The summed E-state index contributed by atoms with van der Waals surface area (Å²) in [5.74, 6) is 1.59. The maximum absolute atomic E-state index is 6.43. The molecule has 0 N–H and O–H groups in total. The summed E-state index contributed by atoms with van der Waals surface area (Å²) in [6.07, 6.45) is 8.35. The molecule has 0 aromatic rings. The summed E-state index contributed by atoms with van der Waals surface area (Å²) in [4.78, 5) is 0. The van der Waals surface area contributed by atoms with Crippen LogP contribution in [0.25, 0.3) is 0 Å². The normalized spacial score (nSPS) is 21.9. The first-order valence-corrected chi connectivity index (χ1v) is 10.9. The zero-order valence-corrected chi connectivity index (χ0v) is 14.7. The Morgan fingerprint density at radius 3 is 2.37 bits per heavy atom. The van der Waals surface area contributed by atoms with Gasteiger partial charge in [-0.25, -0.2) is 0 Å². The Balaban J connectivity index is 2.51. The molecule has 19 heavy (non-hydrogen) atoms. The van der Waals surface area contributed by atoms with E-state index in [1.54, 1.807) is 0 Å². The van der Waals surface area contributed by atoms with E-state index in [1.165, 1.54) is 44.6 Å². The van der Waals surface area contributed by atoms with E-state index in [4.69, 9.17) is 8.85 Å². The zero-order chi connectivity index (χ0) is 14.3. The van der Waals surface area contributed by atoms with E-state index >= 15 is 0 Å². The molecule has 0 saturated heterocycles. The van der Waals surface area contributed by atoms with Crippen molar-refractivity contribution in [2.75, 3.05) is 6.61 Å². The summed E-state index contributed by atoms with van der Waals surface area (Å²) in [6.45, 7) is 12.0. The average molecular weight is 287 g/mol. The van der Waals surface area contributed by atoms with Gasteiger partial charge in [0, 0.05) is 12.7 Å². The molecule has 0 aromatic heterocycles. The van der Waals surface area contributed by atoms with Gasteiger partial charge in [-0.05, 0) is 51.1 Å². The Morgan fingerprint density at radius 1 is 1.21 bits per heavy atom. The molecule has 0 bridgehead atoms. The molecule has 2 nitrogen and oxygen atoms in total. The van der Waals surface area contributed by atoms with Crippen LogP contribution in [0.3, 0.4) is 0 Å². The highest BCUT2D eigenvalue weighted by atomic mass is 28.4. The molecule has 1 rings (SSSR count). The van der Waals surface area contributed by atoms with E-state index in [0.717, 1.165) is 18.4 Å². The van der Waals surface area contributed by atoms with E-state index < -0.39 is 8.56 Å². The lowest BCUT2D eigenvalue weighted by atomic mass is 10.0. The monoisotopic (exact) mass is 286 g/mol. The van der Waals surface area contributed by atoms with Gasteiger partial charge >= 0.3 is 8.56 Å². The maximum atomic E-state index is 6.43. The van der Waals surface area contributed by atoms with Crippen molar-refractivity contribution in [2.24, 2.45) is 11.8 Å². The molecule has 1 aliphatic carbocycles. The molecular formula is C16H34O2Si. The van der Waals surface area contributed by atoms with Crippen molar-refractivity contribution in [1.29, 1.82) is 0 Å². The van der Waals surface area contributed by atoms with E-state index in [0.29, 0.717) is 6.10 Å². The van der Waals surface area contributed by atoms with Gasteiger partial charge in [-0.1, -0.05) is 39.5 Å². The lowest BCUT2D eigenvalue weighted by Crippen LogP contribution is -2.43. The molecule has 3 heteroatoms. The topological polar surface area (TPSA) is 18.5 Å². The SMILES string of the molecule is CCCCC(CC)C[Si](C)(OCC)OC(C)C1CC1. The van der Waals surface area contributed by atoms with E-state index in [9.17, 15) is 0 Å². The fourth-order valence-electron chi connectivity index (χ4n) is 2.97. The summed E-state index contributed by atoms with van der Waals surface area (Å²) in [7, 11) is -1.97. The predicted octanol–water partition coefficient (Wildman–Crippen LogP) is 5.13. The first-order chi connectivity index (χ1) is 9.04. The second-order valence-corrected chi connectivity index (χ2v) is 9.55. The fourth-order valence-corrected chi connectivity index (χ4v) is 6.38. The second-order valence-electron chi connectivity index (χ2n) is 6.35. The molecule has 114 valence electrons. The summed E-state index contributed by atoms with van der Waals surface area (Å²) in [5.41, 5.74) is 0. The fraction of sp³-hybridized carbons (Fsp3) is 1.00.